The highest BCUT2D eigenvalue weighted by molar-refractivity contribution is 6.83. The highest BCUT2D eigenvalue weighted by Crippen LogP contribution is 2.45. The third-order valence-corrected chi connectivity index (χ3v) is 7.87. The second-order valence-corrected chi connectivity index (χ2v) is 13.3. The highest BCUT2D eigenvalue weighted by Gasteiger charge is 2.50. The van der Waals surface area contributed by atoms with Crippen molar-refractivity contribution in [2.45, 2.75) is 69.6 Å². The van der Waals surface area contributed by atoms with E-state index in [0.717, 1.165) is 24.6 Å². The third-order valence-electron chi connectivity index (χ3n) is 5.59. The smallest absolute Gasteiger partial charge is 0.0849 e. The van der Waals surface area contributed by atoms with Crippen molar-refractivity contribution in [1.82, 2.24) is 4.90 Å². The first-order valence-corrected chi connectivity index (χ1v) is 12.0. The molecule has 2 nitrogen and oxygen atoms in total. The molecule has 1 aromatic carbocycles. The van der Waals surface area contributed by atoms with E-state index in [0.29, 0.717) is 12.1 Å². The maximum Gasteiger partial charge on any atom is 0.0849 e. The summed E-state index contributed by atoms with van der Waals surface area (Å²) in [4.78, 5) is 2.63. The molecular formula is C19H29NOSi. The van der Waals surface area contributed by atoms with Crippen molar-refractivity contribution in [3.05, 3.63) is 47.7 Å². The first-order valence-electron chi connectivity index (χ1n) is 8.51. The van der Waals surface area contributed by atoms with Crippen LogP contribution in [0.4, 0.5) is 0 Å². The van der Waals surface area contributed by atoms with Gasteiger partial charge in [-0.05, 0) is 31.2 Å². The lowest BCUT2D eigenvalue weighted by molar-refractivity contribution is -0.0244. The normalized spacial score (nSPS) is 32.2. The molecule has 2 aliphatic rings. The topological polar surface area (TPSA) is 23.5 Å². The van der Waals surface area contributed by atoms with Crippen LogP contribution in [0.1, 0.15) is 31.2 Å². The van der Waals surface area contributed by atoms with Crippen LogP contribution in [0.25, 0.3) is 0 Å². The Kier molecular flexibility index (Phi) is 4.08. The van der Waals surface area contributed by atoms with Crippen molar-refractivity contribution < 1.29 is 5.11 Å². The summed E-state index contributed by atoms with van der Waals surface area (Å²) in [5, 5.41) is 12.4. The number of hydrogen-bond donors (Lipinski definition) is 1. The predicted molar refractivity (Wildman–Crippen MR) is 95.5 cm³/mol. The van der Waals surface area contributed by atoms with E-state index in [1.807, 2.05) is 0 Å². The van der Waals surface area contributed by atoms with Crippen LogP contribution < -0.4 is 0 Å². The minimum Gasteiger partial charge on any atom is -0.386 e. The molecule has 2 fully saturated rings. The number of benzene rings is 1. The second-order valence-electron chi connectivity index (χ2n) is 8.21. The van der Waals surface area contributed by atoms with Gasteiger partial charge >= 0.3 is 0 Å². The van der Waals surface area contributed by atoms with Gasteiger partial charge in [-0.1, -0.05) is 55.2 Å². The maximum absolute atomic E-state index is 11.2. The number of nitrogens with zero attached hydrogens (tertiary/aromatic N) is 1. The van der Waals surface area contributed by atoms with Gasteiger partial charge in [0.15, 0.2) is 0 Å². The summed E-state index contributed by atoms with van der Waals surface area (Å²) in [5.41, 5.74) is 0.762. The molecule has 0 radical (unpaired) electrons. The van der Waals surface area contributed by atoms with Gasteiger partial charge in [0.25, 0.3) is 0 Å². The molecular weight excluding hydrogens is 286 g/mol. The molecule has 3 rings (SSSR count). The van der Waals surface area contributed by atoms with Crippen LogP contribution in [0.2, 0.25) is 19.6 Å². The lowest BCUT2D eigenvalue weighted by Gasteiger charge is -2.47. The Morgan fingerprint density at radius 2 is 1.73 bits per heavy atom. The summed E-state index contributed by atoms with van der Waals surface area (Å²) in [6, 6.07) is 11.7. The van der Waals surface area contributed by atoms with Gasteiger partial charge < -0.3 is 5.11 Å². The first-order chi connectivity index (χ1) is 10.3. The number of aliphatic hydroxyl groups is 1. The molecule has 2 unspecified atom stereocenters. The average molecular weight is 316 g/mol. The van der Waals surface area contributed by atoms with Gasteiger partial charge in [0.1, 0.15) is 0 Å². The predicted octanol–water partition coefficient (Wildman–Crippen LogP) is 3.98. The Bertz CT molecular complexity index is 534. The Hall–Kier alpha value is -0.903. The van der Waals surface area contributed by atoms with Gasteiger partial charge in [-0.15, -0.1) is 6.58 Å². The molecule has 22 heavy (non-hydrogen) atoms. The van der Waals surface area contributed by atoms with E-state index >= 15 is 0 Å². The Balaban J connectivity index is 1.75. The average Bonchev–Trinajstić information content (AvgIpc) is 2.70. The number of hydrogen-bond acceptors (Lipinski definition) is 2. The van der Waals surface area contributed by atoms with Crippen LogP contribution in [0.15, 0.2) is 42.1 Å². The summed E-state index contributed by atoms with van der Waals surface area (Å²) in [6.07, 6.45) is 4.19. The Labute approximate surface area is 135 Å². The summed E-state index contributed by atoms with van der Waals surface area (Å²) < 4.78 is 0. The van der Waals surface area contributed by atoms with Gasteiger partial charge in [-0.3, -0.25) is 4.90 Å². The van der Waals surface area contributed by atoms with Crippen LogP contribution in [0.5, 0.6) is 0 Å². The molecule has 2 bridgehead atoms. The maximum atomic E-state index is 11.2. The minimum absolute atomic E-state index is 0.511. The molecule has 1 N–H and O–H groups in total. The number of rotatable bonds is 4. The monoisotopic (exact) mass is 315 g/mol. The molecule has 2 aliphatic heterocycles. The molecule has 2 saturated heterocycles. The fourth-order valence-corrected chi connectivity index (χ4v) is 5.91. The van der Waals surface area contributed by atoms with E-state index in [9.17, 15) is 5.11 Å². The lowest BCUT2D eigenvalue weighted by Crippen LogP contribution is -2.54. The highest BCUT2D eigenvalue weighted by atomic mass is 28.3. The quantitative estimate of drug-likeness (QED) is 0.850. The van der Waals surface area contributed by atoms with E-state index in [1.54, 1.807) is 0 Å². The van der Waals surface area contributed by atoms with Gasteiger partial charge in [-0.2, -0.15) is 0 Å². The van der Waals surface area contributed by atoms with Gasteiger partial charge in [0.05, 0.1) is 13.7 Å². The molecule has 2 atom stereocenters. The van der Waals surface area contributed by atoms with Gasteiger partial charge in [-0.25, -0.2) is 0 Å². The summed E-state index contributed by atoms with van der Waals surface area (Å²) in [7, 11) is -1.51. The minimum atomic E-state index is -1.51. The molecule has 0 aromatic heterocycles. The standard InChI is InChI=1S/C19H29NOSi/c1-15(22(2,3)4)19(21)12-17-10-11-18(13-19)20(17)14-16-8-6-5-7-9-16/h5-9,17-18,21H,1,10-14H2,2-4H3. The summed E-state index contributed by atoms with van der Waals surface area (Å²) in [6.45, 7) is 12.2. The van der Waals surface area contributed by atoms with E-state index in [4.69, 9.17) is 0 Å². The molecule has 0 amide bonds. The van der Waals surface area contributed by atoms with Crippen LogP contribution in [-0.4, -0.2) is 35.8 Å². The van der Waals surface area contributed by atoms with E-state index < -0.39 is 13.7 Å². The van der Waals surface area contributed by atoms with Gasteiger partial charge in [0.2, 0.25) is 0 Å². The molecule has 0 aliphatic carbocycles. The largest absolute Gasteiger partial charge is 0.386 e. The molecule has 3 heteroatoms. The zero-order valence-corrected chi connectivity index (χ0v) is 15.2. The summed E-state index contributed by atoms with van der Waals surface area (Å²) in [5.74, 6) is 0. The van der Waals surface area contributed by atoms with Gasteiger partial charge in [0, 0.05) is 18.6 Å². The van der Waals surface area contributed by atoms with Crippen molar-refractivity contribution in [3.8, 4) is 0 Å². The third kappa shape index (κ3) is 2.94. The zero-order chi connectivity index (χ0) is 16.0. The van der Waals surface area contributed by atoms with Crippen LogP contribution in [-0.2, 0) is 6.54 Å². The van der Waals surface area contributed by atoms with E-state index in [2.05, 4.69) is 61.5 Å². The van der Waals surface area contributed by atoms with Crippen molar-refractivity contribution in [2.75, 3.05) is 0 Å². The zero-order valence-electron chi connectivity index (χ0n) is 14.2. The molecule has 0 saturated carbocycles. The molecule has 1 aromatic rings. The fourth-order valence-electron chi connectivity index (χ4n) is 4.31. The first kappa shape index (κ1) is 16.0. The van der Waals surface area contributed by atoms with Crippen LogP contribution in [0.3, 0.4) is 0 Å². The Morgan fingerprint density at radius 3 is 2.23 bits per heavy atom. The second kappa shape index (κ2) is 5.62. The summed E-state index contributed by atoms with van der Waals surface area (Å²) >= 11 is 0. The molecule has 2 heterocycles. The van der Waals surface area contributed by atoms with Crippen LogP contribution in [0, 0.1) is 0 Å². The van der Waals surface area contributed by atoms with Crippen LogP contribution >= 0.6 is 0 Å². The number of piperidine rings is 1. The number of fused-ring (bicyclic) bond motifs is 2. The lowest BCUT2D eigenvalue weighted by atomic mass is 9.85. The Morgan fingerprint density at radius 1 is 1.18 bits per heavy atom. The molecule has 120 valence electrons. The SMILES string of the molecule is C=C(C1(O)CC2CCC(C1)N2Cc1ccccc1)[Si](C)(C)C. The van der Waals surface area contributed by atoms with E-state index in [1.165, 1.54) is 18.4 Å². The molecule has 0 spiro atoms. The fraction of sp³-hybridized carbons (Fsp3) is 0.579. The van der Waals surface area contributed by atoms with Crippen molar-refractivity contribution in [2.24, 2.45) is 0 Å². The van der Waals surface area contributed by atoms with Crippen molar-refractivity contribution in [3.63, 3.8) is 0 Å². The van der Waals surface area contributed by atoms with Crippen molar-refractivity contribution >= 4 is 8.07 Å². The van der Waals surface area contributed by atoms with Crippen molar-refractivity contribution in [1.29, 1.82) is 0 Å². The van der Waals surface area contributed by atoms with E-state index in [-0.39, 0.29) is 0 Å².